The first-order chi connectivity index (χ1) is 25.8. The van der Waals surface area contributed by atoms with Crippen LogP contribution in [0.25, 0.3) is 94.3 Å². The lowest BCUT2D eigenvalue weighted by molar-refractivity contribution is 0.487. The SMILES string of the molecule is c1ccc(-c2nc(-c3ccc4ccccc4c3)nc(-c3ccc4c5c(cccc35)-c3ccc(-n5c6ccccc6c6ccccc65)cc3O4)n2)cc1. The first-order valence-corrected chi connectivity index (χ1v) is 17.4. The standard InChI is InChI=1S/C47H28N4O/c1-2-12-30(13-3-1)45-48-46(32-22-21-29-11-4-5-14-31(29)27-32)50-47(49-45)39-25-26-42-44-37(17-10-18-38(39)44)36-24-23-33(28-43(36)52-42)51-40-19-8-6-15-34(40)35-16-7-9-20-41(35)51/h1-28H. The molecule has 5 heteroatoms. The van der Waals surface area contributed by atoms with Crippen molar-refractivity contribution in [1.29, 1.82) is 0 Å². The Morgan fingerprint density at radius 3 is 1.85 bits per heavy atom. The molecule has 3 heterocycles. The molecule has 0 aliphatic carbocycles. The maximum Gasteiger partial charge on any atom is 0.164 e. The van der Waals surface area contributed by atoms with E-state index in [2.05, 4.69) is 144 Å². The molecule has 0 spiro atoms. The summed E-state index contributed by atoms with van der Waals surface area (Å²) in [6.07, 6.45) is 0. The average Bonchev–Trinajstić information content (AvgIpc) is 3.55. The number of aromatic nitrogens is 4. The highest BCUT2D eigenvalue weighted by Gasteiger charge is 2.24. The van der Waals surface area contributed by atoms with Crippen molar-refractivity contribution >= 4 is 43.4 Å². The molecule has 5 nitrogen and oxygen atoms in total. The summed E-state index contributed by atoms with van der Waals surface area (Å²) < 4.78 is 9.09. The molecule has 1 aliphatic heterocycles. The topological polar surface area (TPSA) is 52.8 Å². The number of benzene rings is 8. The van der Waals surface area contributed by atoms with Gasteiger partial charge in [0.15, 0.2) is 17.5 Å². The highest BCUT2D eigenvalue weighted by molar-refractivity contribution is 6.11. The van der Waals surface area contributed by atoms with Gasteiger partial charge in [0.1, 0.15) is 11.5 Å². The molecule has 0 fully saturated rings. The van der Waals surface area contributed by atoms with E-state index >= 15 is 0 Å². The van der Waals surface area contributed by atoms with Gasteiger partial charge in [-0.3, -0.25) is 0 Å². The lowest BCUT2D eigenvalue weighted by atomic mass is 9.92. The van der Waals surface area contributed by atoms with Crippen molar-refractivity contribution in [2.24, 2.45) is 0 Å². The van der Waals surface area contributed by atoms with Gasteiger partial charge in [-0.15, -0.1) is 0 Å². The second kappa shape index (κ2) is 11.2. The minimum absolute atomic E-state index is 0.619. The fourth-order valence-corrected chi connectivity index (χ4v) is 7.83. The van der Waals surface area contributed by atoms with E-state index in [-0.39, 0.29) is 0 Å². The number of hydrogen-bond acceptors (Lipinski definition) is 4. The van der Waals surface area contributed by atoms with Crippen molar-refractivity contribution in [3.8, 4) is 62.5 Å². The van der Waals surface area contributed by atoms with Crippen molar-refractivity contribution in [1.82, 2.24) is 19.5 Å². The second-order valence-electron chi connectivity index (χ2n) is 13.2. The summed E-state index contributed by atoms with van der Waals surface area (Å²) >= 11 is 0. The highest BCUT2D eigenvalue weighted by Crippen LogP contribution is 2.49. The molecule has 1 aliphatic rings. The van der Waals surface area contributed by atoms with Crippen molar-refractivity contribution < 1.29 is 4.74 Å². The molecule has 0 saturated carbocycles. The fraction of sp³-hybridized carbons (Fsp3) is 0. The van der Waals surface area contributed by atoms with E-state index in [4.69, 9.17) is 19.7 Å². The Labute approximate surface area is 299 Å². The van der Waals surface area contributed by atoms with Gasteiger partial charge in [-0.05, 0) is 64.2 Å². The fourth-order valence-electron chi connectivity index (χ4n) is 7.83. The zero-order valence-corrected chi connectivity index (χ0v) is 27.9. The van der Waals surface area contributed by atoms with Crippen LogP contribution in [0.15, 0.2) is 170 Å². The van der Waals surface area contributed by atoms with Crippen LogP contribution < -0.4 is 4.74 Å². The van der Waals surface area contributed by atoms with E-state index < -0.39 is 0 Å². The van der Waals surface area contributed by atoms with Crippen LogP contribution in [-0.2, 0) is 0 Å². The molecule has 0 amide bonds. The molecule has 242 valence electrons. The Bertz CT molecular complexity index is 3000. The van der Waals surface area contributed by atoms with Gasteiger partial charge in [-0.1, -0.05) is 121 Å². The van der Waals surface area contributed by atoms with Gasteiger partial charge < -0.3 is 9.30 Å². The Morgan fingerprint density at radius 1 is 0.385 bits per heavy atom. The van der Waals surface area contributed by atoms with E-state index in [9.17, 15) is 0 Å². The Morgan fingerprint density at radius 2 is 1.04 bits per heavy atom. The van der Waals surface area contributed by atoms with Gasteiger partial charge in [-0.25, -0.2) is 15.0 Å². The molecule has 11 rings (SSSR count). The van der Waals surface area contributed by atoms with Gasteiger partial charge in [-0.2, -0.15) is 0 Å². The number of ether oxygens (including phenoxy) is 1. The van der Waals surface area contributed by atoms with Gasteiger partial charge >= 0.3 is 0 Å². The van der Waals surface area contributed by atoms with Crippen LogP contribution >= 0.6 is 0 Å². The predicted octanol–water partition coefficient (Wildman–Crippen LogP) is 12.0. The number of rotatable bonds is 4. The average molecular weight is 665 g/mol. The number of hydrogen-bond donors (Lipinski definition) is 0. The van der Waals surface area contributed by atoms with Crippen molar-refractivity contribution in [2.45, 2.75) is 0 Å². The van der Waals surface area contributed by atoms with Crippen LogP contribution in [0.3, 0.4) is 0 Å². The lowest BCUT2D eigenvalue weighted by Crippen LogP contribution is -2.03. The lowest BCUT2D eigenvalue weighted by Gasteiger charge is -2.23. The number of fused-ring (bicyclic) bond motifs is 6. The van der Waals surface area contributed by atoms with Crippen LogP contribution in [-0.4, -0.2) is 19.5 Å². The molecule has 0 radical (unpaired) electrons. The van der Waals surface area contributed by atoms with Gasteiger partial charge in [0.25, 0.3) is 0 Å². The van der Waals surface area contributed by atoms with Gasteiger partial charge in [0, 0.05) is 50.2 Å². The third-order valence-corrected chi connectivity index (χ3v) is 10.2. The number of nitrogens with zero attached hydrogens (tertiary/aromatic N) is 4. The van der Waals surface area contributed by atoms with Crippen molar-refractivity contribution in [2.75, 3.05) is 0 Å². The molecule has 0 atom stereocenters. The van der Waals surface area contributed by atoms with Crippen LogP contribution in [0.1, 0.15) is 0 Å². The Kier molecular flexibility index (Phi) is 6.18. The second-order valence-corrected chi connectivity index (χ2v) is 13.2. The first kappa shape index (κ1) is 28.7. The maximum absolute atomic E-state index is 6.76. The Hall–Kier alpha value is -7.11. The van der Waals surface area contributed by atoms with Crippen LogP contribution in [0, 0.1) is 0 Å². The molecular formula is C47H28N4O. The first-order valence-electron chi connectivity index (χ1n) is 17.4. The smallest absolute Gasteiger partial charge is 0.164 e. The summed E-state index contributed by atoms with van der Waals surface area (Å²) in [7, 11) is 0. The molecule has 10 aromatic rings. The summed E-state index contributed by atoms with van der Waals surface area (Å²) in [5, 5.41) is 6.86. The Balaban J connectivity index is 1.08. The molecular weight excluding hydrogens is 637 g/mol. The third-order valence-electron chi connectivity index (χ3n) is 10.2. The quantitative estimate of drug-likeness (QED) is 0.188. The molecule has 8 aromatic carbocycles. The van der Waals surface area contributed by atoms with Crippen molar-refractivity contribution in [3.05, 3.63) is 170 Å². The minimum atomic E-state index is 0.619. The third kappa shape index (κ3) is 4.39. The van der Waals surface area contributed by atoms with E-state index in [1.54, 1.807) is 0 Å². The van der Waals surface area contributed by atoms with Crippen molar-refractivity contribution in [3.63, 3.8) is 0 Å². The minimum Gasteiger partial charge on any atom is -0.456 e. The van der Waals surface area contributed by atoms with E-state index in [1.807, 2.05) is 30.3 Å². The van der Waals surface area contributed by atoms with E-state index in [1.165, 1.54) is 27.2 Å². The van der Waals surface area contributed by atoms with Gasteiger partial charge in [0.2, 0.25) is 0 Å². The molecule has 0 bridgehead atoms. The predicted molar refractivity (Wildman–Crippen MR) is 211 cm³/mol. The summed E-state index contributed by atoms with van der Waals surface area (Å²) in [6.45, 7) is 0. The largest absolute Gasteiger partial charge is 0.456 e. The normalized spacial score (nSPS) is 12.0. The van der Waals surface area contributed by atoms with Crippen LogP contribution in [0.4, 0.5) is 0 Å². The molecule has 0 N–H and O–H groups in total. The molecule has 0 unspecified atom stereocenters. The van der Waals surface area contributed by atoms with Gasteiger partial charge in [0.05, 0.1) is 11.0 Å². The summed E-state index contributed by atoms with van der Waals surface area (Å²) in [6, 6.07) is 59.1. The highest BCUT2D eigenvalue weighted by atomic mass is 16.5. The van der Waals surface area contributed by atoms with Crippen LogP contribution in [0.5, 0.6) is 11.5 Å². The monoisotopic (exact) mass is 664 g/mol. The molecule has 52 heavy (non-hydrogen) atoms. The van der Waals surface area contributed by atoms with Crippen LogP contribution in [0.2, 0.25) is 0 Å². The zero-order valence-electron chi connectivity index (χ0n) is 27.9. The number of para-hydroxylation sites is 2. The summed E-state index contributed by atoms with van der Waals surface area (Å²) in [5.74, 6) is 3.53. The maximum atomic E-state index is 6.76. The van der Waals surface area contributed by atoms with E-state index in [0.29, 0.717) is 17.5 Å². The molecule has 2 aromatic heterocycles. The molecule has 0 saturated heterocycles. The zero-order chi connectivity index (χ0) is 34.2. The van der Waals surface area contributed by atoms with E-state index in [0.717, 1.165) is 61.2 Å². The summed E-state index contributed by atoms with van der Waals surface area (Å²) in [4.78, 5) is 15.2. The summed E-state index contributed by atoms with van der Waals surface area (Å²) in [5.41, 5.74) is 8.38.